The van der Waals surface area contributed by atoms with Crippen LogP contribution in [0.4, 0.5) is 0 Å². The zero-order valence-electron chi connectivity index (χ0n) is 19.3. The van der Waals surface area contributed by atoms with E-state index in [-0.39, 0.29) is 36.4 Å². The van der Waals surface area contributed by atoms with Crippen LogP contribution in [-0.4, -0.2) is 47.4 Å². The van der Waals surface area contributed by atoms with Gasteiger partial charge in [0.25, 0.3) is 5.91 Å². The molecule has 1 unspecified atom stereocenters. The lowest BCUT2D eigenvalue weighted by molar-refractivity contribution is -0.136. The predicted octanol–water partition coefficient (Wildman–Crippen LogP) is 4.45. The maximum Gasteiger partial charge on any atom is 0.260 e. The van der Waals surface area contributed by atoms with E-state index in [0.717, 1.165) is 17.5 Å². The van der Waals surface area contributed by atoms with Gasteiger partial charge in [-0.1, -0.05) is 50.2 Å². The first-order valence-corrected chi connectivity index (χ1v) is 11.2. The second-order valence-corrected chi connectivity index (χ2v) is 8.67. The van der Waals surface area contributed by atoms with Gasteiger partial charge < -0.3 is 14.5 Å². The van der Waals surface area contributed by atoms with Crippen molar-refractivity contribution in [2.45, 2.75) is 53.1 Å². The third kappa shape index (κ3) is 5.09. The van der Waals surface area contributed by atoms with Crippen LogP contribution in [0.15, 0.2) is 48.5 Å². The van der Waals surface area contributed by atoms with Gasteiger partial charge in [-0.2, -0.15) is 0 Å². The highest BCUT2D eigenvalue weighted by atomic mass is 16.5. The van der Waals surface area contributed by atoms with Crippen LogP contribution < -0.4 is 4.74 Å². The highest BCUT2D eigenvalue weighted by Gasteiger charge is 2.33. The second-order valence-electron chi connectivity index (χ2n) is 8.67. The number of rotatable bonds is 7. The molecule has 0 radical (unpaired) electrons. The first-order chi connectivity index (χ1) is 14.8. The third-order valence-electron chi connectivity index (χ3n) is 5.88. The molecule has 3 rings (SSSR count). The van der Waals surface area contributed by atoms with E-state index in [1.165, 1.54) is 5.56 Å². The van der Waals surface area contributed by atoms with E-state index in [2.05, 4.69) is 18.2 Å². The monoisotopic (exact) mass is 422 g/mol. The number of hydrogen-bond donors (Lipinski definition) is 0. The third-order valence-corrected chi connectivity index (χ3v) is 5.88. The minimum absolute atomic E-state index is 0.00937. The molecule has 5 heteroatoms. The van der Waals surface area contributed by atoms with Gasteiger partial charge in [-0.05, 0) is 56.0 Å². The highest BCUT2D eigenvalue weighted by molar-refractivity contribution is 5.80. The van der Waals surface area contributed by atoms with Crippen molar-refractivity contribution in [2.75, 3.05) is 19.7 Å². The van der Waals surface area contributed by atoms with Crippen LogP contribution in [0.1, 0.15) is 57.4 Å². The molecule has 0 N–H and O–H groups in total. The fourth-order valence-electron chi connectivity index (χ4n) is 4.30. The minimum atomic E-state index is -0.151. The number of nitrogens with zero attached hydrogens (tertiary/aromatic N) is 2. The molecule has 166 valence electrons. The largest absolute Gasteiger partial charge is 0.484 e. The highest BCUT2D eigenvalue weighted by Crippen LogP contribution is 2.37. The van der Waals surface area contributed by atoms with Gasteiger partial charge in [0.2, 0.25) is 5.91 Å². The number of amides is 2. The molecule has 1 aliphatic heterocycles. The van der Waals surface area contributed by atoms with E-state index in [1.807, 2.05) is 69.9 Å². The van der Waals surface area contributed by atoms with Crippen LogP contribution in [0, 0.1) is 5.92 Å². The Balaban J connectivity index is 1.90. The number of ether oxygens (including phenoxy) is 1. The van der Waals surface area contributed by atoms with Crippen LogP contribution in [0.5, 0.6) is 5.75 Å². The molecule has 0 saturated carbocycles. The maximum absolute atomic E-state index is 13.0. The molecule has 0 aromatic heterocycles. The molecule has 1 heterocycles. The number of carbonyl (C=O) groups excluding carboxylic acids is 2. The Kier molecular flexibility index (Phi) is 7.37. The summed E-state index contributed by atoms with van der Waals surface area (Å²) in [6, 6.07) is 16.1. The number of fused-ring (bicyclic) bond motifs is 1. The van der Waals surface area contributed by atoms with E-state index in [1.54, 1.807) is 4.90 Å². The minimum Gasteiger partial charge on any atom is -0.484 e. The Bertz CT molecular complexity index is 908. The Morgan fingerprint density at radius 1 is 1.10 bits per heavy atom. The van der Waals surface area contributed by atoms with Gasteiger partial charge in [0.1, 0.15) is 5.75 Å². The van der Waals surface area contributed by atoms with Crippen LogP contribution in [0.2, 0.25) is 0 Å². The van der Waals surface area contributed by atoms with Gasteiger partial charge in [0, 0.05) is 25.0 Å². The molecule has 5 nitrogen and oxygen atoms in total. The van der Waals surface area contributed by atoms with Gasteiger partial charge in [-0.15, -0.1) is 0 Å². The van der Waals surface area contributed by atoms with Crippen molar-refractivity contribution in [3.63, 3.8) is 0 Å². The molecule has 1 atom stereocenters. The fourth-order valence-corrected chi connectivity index (χ4v) is 4.30. The van der Waals surface area contributed by atoms with Gasteiger partial charge in [0.15, 0.2) is 6.61 Å². The van der Waals surface area contributed by atoms with Gasteiger partial charge in [-0.3, -0.25) is 9.59 Å². The fraction of sp³-hybridized carbons (Fsp3) is 0.462. The summed E-state index contributed by atoms with van der Waals surface area (Å²) in [5, 5.41) is 0. The zero-order chi connectivity index (χ0) is 22.5. The van der Waals surface area contributed by atoms with Crippen molar-refractivity contribution < 1.29 is 14.3 Å². The number of likely N-dealkylation sites (N-methyl/N-ethyl adjacent to an activating group) is 1. The molecule has 2 aromatic carbocycles. The van der Waals surface area contributed by atoms with Crippen molar-refractivity contribution in [1.82, 2.24) is 9.80 Å². The molecular formula is C26H34N2O3. The molecule has 0 spiro atoms. The van der Waals surface area contributed by atoms with Crippen LogP contribution in [0.3, 0.4) is 0 Å². The Morgan fingerprint density at radius 2 is 1.81 bits per heavy atom. The Morgan fingerprint density at radius 3 is 2.42 bits per heavy atom. The van der Waals surface area contributed by atoms with Gasteiger partial charge in [-0.25, -0.2) is 0 Å². The van der Waals surface area contributed by atoms with Crippen LogP contribution >= 0.6 is 0 Å². The molecule has 0 fully saturated rings. The lowest BCUT2D eigenvalue weighted by Crippen LogP contribution is -2.42. The summed E-state index contributed by atoms with van der Waals surface area (Å²) in [6.45, 7) is 11.2. The van der Waals surface area contributed by atoms with Crippen molar-refractivity contribution in [1.29, 1.82) is 0 Å². The number of hydrogen-bond acceptors (Lipinski definition) is 3. The van der Waals surface area contributed by atoms with Crippen LogP contribution in [-0.2, 0) is 16.0 Å². The quantitative estimate of drug-likeness (QED) is 0.662. The second kappa shape index (κ2) is 9.99. The normalized spacial score (nSPS) is 15.7. The van der Waals surface area contributed by atoms with E-state index in [0.29, 0.717) is 18.8 Å². The molecule has 1 aliphatic rings. The molecule has 2 amide bonds. The maximum atomic E-state index is 13.0. The first kappa shape index (κ1) is 22.9. The average Bonchev–Trinajstić information content (AvgIpc) is 2.76. The van der Waals surface area contributed by atoms with Crippen molar-refractivity contribution in [3.8, 4) is 5.75 Å². The molecular weight excluding hydrogens is 388 g/mol. The van der Waals surface area contributed by atoms with E-state index >= 15 is 0 Å². The topological polar surface area (TPSA) is 49.9 Å². The van der Waals surface area contributed by atoms with Crippen molar-refractivity contribution in [2.24, 2.45) is 5.92 Å². The smallest absolute Gasteiger partial charge is 0.260 e. The predicted molar refractivity (Wildman–Crippen MR) is 123 cm³/mol. The summed E-state index contributed by atoms with van der Waals surface area (Å²) in [5.74, 6) is 0.718. The Hall–Kier alpha value is -2.82. The molecule has 0 bridgehead atoms. The first-order valence-electron chi connectivity index (χ1n) is 11.2. The van der Waals surface area contributed by atoms with Crippen molar-refractivity contribution in [3.05, 3.63) is 65.2 Å². The number of carbonyl (C=O) groups is 2. The summed E-state index contributed by atoms with van der Waals surface area (Å²) < 4.78 is 5.90. The van der Waals surface area contributed by atoms with Crippen molar-refractivity contribution >= 4 is 11.8 Å². The standard InChI is InChI=1S/C26H34N2O3/c1-6-27(19(4)5)24(29)17-31-22-13-12-20-14-15-28(26(30)18(2)3)25(23(20)16-22)21-10-8-7-9-11-21/h7-13,16,18-19,25H,6,14-15,17H2,1-5H3. The zero-order valence-corrected chi connectivity index (χ0v) is 19.3. The van der Waals surface area contributed by atoms with E-state index in [4.69, 9.17) is 4.74 Å². The molecule has 0 aliphatic carbocycles. The lowest BCUT2D eigenvalue weighted by atomic mass is 9.87. The number of benzene rings is 2. The van der Waals surface area contributed by atoms with E-state index < -0.39 is 0 Å². The molecule has 0 saturated heterocycles. The van der Waals surface area contributed by atoms with E-state index in [9.17, 15) is 9.59 Å². The average molecular weight is 423 g/mol. The summed E-state index contributed by atoms with van der Waals surface area (Å²) in [5.41, 5.74) is 3.38. The molecule has 31 heavy (non-hydrogen) atoms. The van der Waals surface area contributed by atoms with Gasteiger partial charge >= 0.3 is 0 Å². The summed E-state index contributed by atoms with van der Waals surface area (Å²) in [4.78, 5) is 29.3. The van der Waals surface area contributed by atoms with Crippen LogP contribution in [0.25, 0.3) is 0 Å². The lowest BCUT2D eigenvalue weighted by Gasteiger charge is -2.39. The van der Waals surface area contributed by atoms with Gasteiger partial charge in [0.05, 0.1) is 6.04 Å². The Labute approximate surface area is 186 Å². The molecule has 2 aromatic rings. The summed E-state index contributed by atoms with van der Waals surface area (Å²) in [6.07, 6.45) is 0.813. The summed E-state index contributed by atoms with van der Waals surface area (Å²) in [7, 11) is 0. The summed E-state index contributed by atoms with van der Waals surface area (Å²) >= 11 is 0. The SMILES string of the molecule is CCN(C(=O)COc1ccc2c(c1)C(c1ccccc1)N(C(=O)C(C)C)CC2)C(C)C.